The molecule has 0 radical (unpaired) electrons. The van der Waals surface area contributed by atoms with Crippen molar-refractivity contribution in [3.63, 3.8) is 0 Å². The van der Waals surface area contributed by atoms with Crippen LogP contribution in [0.15, 0.2) is 77.7 Å². The molecule has 0 saturated carbocycles. The average molecular weight is 394 g/mol. The van der Waals surface area contributed by atoms with E-state index in [1.807, 2.05) is 37.3 Å². The highest BCUT2D eigenvalue weighted by molar-refractivity contribution is 7.89. The van der Waals surface area contributed by atoms with E-state index in [1.54, 1.807) is 43.3 Å². The van der Waals surface area contributed by atoms with Gasteiger partial charge in [0.05, 0.1) is 4.90 Å². The van der Waals surface area contributed by atoms with Gasteiger partial charge in [-0.15, -0.1) is 0 Å². The Morgan fingerprint density at radius 2 is 1.57 bits per heavy atom. The van der Waals surface area contributed by atoms with Crippen molar-refractivity contribution in [3.05, 3.63) is 95.1 Å². The molecule has 3 aromatic rings. The molecule has 0 fully saturated rings. The minimum atomic E-state index is -3.65. The average Bonchev–Trinajstić information content (AvgIpc) is 2.69. The van der Waals surface area contributed by atoms with E-state index in [0.29, 0.717) is 16.8 Å². The molecule has 0 aliphatic heterocycles. The van der Waals surface area contributed by atoms with Gasteiger partial charge in [0.15, 0.2) is 0 Å². The highest BCUT2D eigenvalue weighted by atomic mass is 32.2. The third-order valence-corrected chi connectivity index (χ3v) is 5.78. The molecular weight excluding hydrogens is 372 g/mol. The van der Waals surface area contributed by atoms with Crippen molar-refractivity contribution in [2.24, 2.45) is 0 Å². The molecule has 28 heavy (non-hydrogen) atoms. The van der Waals surface area contributed by atoms with Gasteiger partial charge in [0.1, 0.15) is 0 Å². The number of rotatable bonds is 6. The van der Waals surface area contributed by atoms with E-state index in [9.17, 15) is 13.2 Å². The summed E-state index contributed by atoms with van der Waals surface area (Å²) in [5.41, 5.74) is 3.79. The van der Waals surface area contributed by atoms with Gasteiger partial charge >= 0.3 is 0 Å². The van der Waals surface area contributed by atoms with Crippen LogP contribution >= 0.6 is 0 Å². The molecule has 0 unspecified atom stereocenters. The second-order valence-electron chi connectivity index (χ2n) is 6.61. The van der Waals surface area contributed by atoms with Gasteiger partial charge in [-0.05, 0) is 55.3 Å². The lowest BCUT2D eigenvalue weighted by Crippen LogP contribution is -2.23. The fourth-order valence-corrected chi connectivity index (χ4v) is 3.80. The van der Waals surface area contributed by atoms with E-state index in [-0.39, 0.29) is 17.3 Å². The lowest BCUT2D eigenvalue weighted by atomic mass is 10.1. The minimum absolute atomic E-state index is 0.162. The van der Waals surface area contributed by atoms with E-state index >= 15 is 0 Å². The zero-order valence-corrected chi connectivity index (χ0v) is 16.6. The van der Waals surface area contributed by atoms with Crippen LogP contribution in [0.5, 0.6) is 0 Å². The Balaban J connectivity index is 1.71. The molecule has 0 atom stereocenters. The van der Waals surface area contributed by atoms with Gasteiger partial charge in [-0.25, -0.2) is 13.1 Å². The zero-order valence-electron chi connectivity index (χ0n) is 15.8. The van der Waals surface area contributed by atoms with E-state index in [1.165, 1.54) is 6.07 Å². The second kappa shape index (κ2) is 8.37. The topological polar surface area (TPSA) is 75.3 Å². The van der Waals surface area contributed by atoms with Crippen LogP contribution < -0.4 is 10.0 Å². The summed E-state index contributed by atoms with van der Waals surface area (Å²) < 4.78 is 27.8. The van der Waals surface area contributed by atoms with Crippen LogP contribution in [-0.2, 0) is 16.6 Å². The zero-order chi connectivity index (χ0) is 20.1. The monoisotopic (exact) mass is 394 g/mol. The van der Waals surface area contributed by atoms with Gasteiger partial charge < -0.3 is 5.32 Å². The molecule has 3 rings (SSSR count). The lowest BCUT2D eigenvalue weighted by molar-refractivity contribution is 0.102. The molecule has 0 heterocycles. The summed E-state index contributed by atoms with van der Waals surface area (Å²) in [5, 5.41) is 2.81. The highest BCUT2D eigenvalue weighted by Crippen LogP contribution is 2.20. The first-order valence-electron chi connectivity index (χ1n) is 8.87. The van der Waals surface area contributed by atoms with E-state index < -0.39 is 10.0 Å². The minimum Gasteiger partial charge on any atom is -0.322 e. The Labute approximate surface area is 165 Å². The lowest BCUT2D eigenvalue weighted by Gasteiger charge is -2.12. The smallest absolute Gasteiger partial charge is 0.255 e. The summed E-state index contributed by atoms with van der Waals surface area (Å²) in [6.07, 6.45) is 0. The molecule has 144 valence electrons. The van der Waals surface area contributed by atoms with Crippen molar-refractivity contribution in [2.75, 3.05) is 5.32 Å². The van der Waals surface area contributed by atoms with Crippen LogP contribution in [0.2, 0.25) is 0 Å². The molecule has 5 nitrogen and oxygen atoms in total. The van der Waals surface area contributed by atoms with Crippen molar-refractivity contribution in [1.29, 1.82) is 0 Å². The van der Waals surface area contributed by atoms with Crippen LogP contribution in [0.25, 0.3) is 0 Å². The summed E-state index contributed by atoms with van der Waals surface area (Å²) >= 11 is 0. The molecule has 0 saturated heterocycles. The van der Waals surface area contributed by atoms with Crippen molar-refractivity contribution >= 4 is 21.6 Å². The summed E-state index contributed by atoms with van der Waals surface area (Å²) in [6, 6.07) is 21.2. The maximum Gasteiger partial charge on any atom is 0.255 e. The van der Waals surface area contributed by atoms with E-state index in [2.05, 4.69) is 10.0 Å². The molecule has 0 aromatic heterocycles. The standard InChI is InChI=1S/C22H22N2O3S/c1-16-8-10-18(11-9-16)15-23-28(26,27)20-12-13-21(17(2)14-20)24-22(25)19-6-4-3-5-7-19/h3-14,23H,15H2,1-2H3,(H,24,25). The van der Waals surface area contributed by atoms with Crippen molar-refractivity contribution < 1.29 is 13.2 Å². The second-order valence-corrected chi connectivity index (χ2v) is 8.37. The van der Waals surface area contributed by atoms with Crippen LogP contribution in [0.3, 0.4) is 0 Å². The van der Waals surface area contributed by atoms with Gasteiger partial charge in [0.25, 0.3) is 5.91 Å². The maximum atomic E-state index is 12.6. The van der Waals surface area contributed by atoms with Crippen molar-refractivity contribution in [3.8, 4) is 0 Å². The highest BCUT2D eigenvalue weighted by Gasteiger charge is 2.16. The first-order valence-corrected chi connectivity index (χ1v) is 10.4. The normalized spacial score (nSPS) is 11.2. The van der Waals surface area contributed by atoms with Crippen LogP contribution in [-0.4, -0.2) is 14.3 Å². The van der Waals surface area contributed by atoms with Gasteiger partial charge in [-0.3, -0.25) is 4.79 Å². The molecule has 3 aromatic carbocycles. The number of hydrogen-bond donors (Lipinski definition) is 2. The molecule has 0 spiro atoms. The van der Waals surface area contributed by atoms with Crippen molar-refractivity contribution in [1.82, 2.24) is 4.72 Å². The largest absolute Gasteiger partial charge is 0.322 e. The Bertz CT molecular complexity index is 1080. The van der Waals surface area contributed by atoms with Crippen LogP contribution in [0.1, 0.15) is 27.0 Å². The summed E-state index contributed by atoms with van der Waals surface area (Å²) in [6.45, 7) is 3.96. The summed E-state index contributed by atoms with van der Waals surface area (Å²) in [7, 11) is -3.65. The summed E-state index contributed by atoms with van der Waals surface area (Å²) in [4.78, 5) is 12.5. The molecule has 2 N–H and O–H groups in total. The van der Waals surface area contributed by atoms with E-state index in [0.717, 1.165) is 11.1 Å². The van der Waals surface area contributed by atoms with Crippen LogP contribution in [0.4, 0.5) is 5.69 Å². The van der Waals surface area contributed by atoms with E-state index in [4.69, 9.17) is 0 Å². The number of nitrogens with one attached hydrogen (secondary N) is 2. The van der Waals surface area contributed by atoms with Crippen LogP contribution in [0, 0.1) is 13.8 Å². The quantitative estimate of drug-likeness (QED) is 0.663. The third-order valence-electron chi connectivity index (χ3n) is 4.38. The number of anilines is 1. The van der Waals surface area contributed by atoms with Gasteiger partial charge in [0, 0.05) is 17.8 Å². The predicted molar refractivity (Wildman–Crippen MR) is 111 cm³/mol. The van der Waals surface area contributed by atoms with Crippen molar-refractivity contribution in [2.45, 2.75) is 25.3 Å². The number of amides is 1. The SMILES string of the molecule is Cc1ccc(CNS(=O)(=O)c2ccc(NC(=O)c3ccccc3)c(C)c2)cc1. The maximum absolute atomic E-state index is 12.6. The Morgan fingerprint density at radius 3 is 2.21 bits per heavy atom. The number of benzene rings is 3. The number of carbonyl (C=O) groups excluding carboxylic acids is 1. The Morgan fingerprint density at radius 1 is 0.893 bits per heavy atom. The molecule has 0 aliphatic carbocycles. The predicted octanol–water partition coefficient (Wildman–Crippen LogP) is 4.03. The molecule has 0 bridgehead atoms. The first kappa shape index (κ1) is 19.8. The molecule has 0 aliphatic rings. The number of sulfonamides is 1. The number of hydrogen-bond acceptors (Lipinski definition) is 3. The number of carbonyl (C=O) groups is 1. The Kier molecular flexibility index (Phi) is 5.92. The fraction of sp³-hybridized carbons (Fsp3) is 0.136. The molecule has 1 amide bonds. The third kappa shape index (κ3) is 4.85. The number of aryl methyl sites for hydroxylation is 2. The fourth-order valence-electron chi connectivity index (χ4n) is 2.70. The Hall–Kier alpha value is -2.96. The summed E-state index contributed by atoms with van der Waals surface area (Å²) in [5.74, 6) is -0.239. The van der Waals surface area contributed by atoms with Gasteiger partial charge in [-0.2, -0.15) is 0 Å². The molecular formula is C22H22N2O3S. The van der Waals surface area contributed by atoms with Gasteiger partial charge in [0.2, 0.25) is 10.0 Å². The molecule has 6 heteroatoms. The first-order chi connectivity index (χ1) is 13.3. The van der Waals surface area contributed by atoms with Gasteiger partial charge in [-0.1, -0.05) is 48.0 Å².